The third-order valence-electron chi connectivity index (χ3n) is 8.60. The van der Waals surface area contributed by atoms with Crippen LogP contribution < -0.4 is 20.1 Å². The average Bonchev–Trinajstić information content (AvgIpc) is 3.39. The molecule has 47 heavy (non-hydrogen) atoms. The number of carbonyl (C=O) groups is 3. The summed E-state index contributed by atoms with van der Waals surface area (Å²) in [7, 11) is 1.87. The highest BCUT2D eigenvalue weighted by molar-refractivity contribution is 6.04. The lowest BCUT2D eigenvalue weighted by molar-refractivity contribution is -0.123. The van der Waals surface area contributed by atoms with Crippen LogP contribution in [0.5, 0.6) is 11.5 Å². The molecule has 2 atom stereocenters. The van der Waals surface area contributed by atoms with E-state index >= 15 is 0 Å². The van der Waals surface area contributed by atoms with Crippen molar-refractivity contribution < 1.29 is 23.9 Å². The van der Waals surface area contributed by atoms with Gasteiger partial charge in [-0.25, -0.2) is 9.97 Å². The molecule has 12 heteroatoms. The molecule has 5 aromatic rings. The number of nitrogens with one attached hydrogen (secondary N) is 2. The molecular weight excluding hydrogens is 598 g/mol. The van der Waals surface area contributed by atoms with Crippen molar-refractivity contribution in [2.45, 2.75) is 32.0 Å². The van der Waals surface area contributed by atoms with Gasteiger partial charge in [-0.15, -0.1) is 0 Å². The van der Waals surface area contributed by atoms with E-state index in [0.717, 1.165) is 17.0 Å². The standard InChI is InChI=1S/C35H33N7O5/c1-21-39-32-28(10-12-37-33(32)41(21)2)35(45)42-13-11-30-29(19-42)40-34(44)25-14-24(17-36-18-25)23-4-3-5-27(15-23)46-20-31(43)38-16-22-6-8-26(47-30)9-7-22/h3-10,12,14-15,17-18,29-30H,11,13,16,19-20H2,1-2H3,(H,38,43)(H,40,44)/t29-,30+/m1/s1. The fourth-order valence-electron chi connectivity index (χ4n) is 5.93. The minimum absolute atomic E-state index is 0.137. The van der Waals surface area contributed by atoms with E-state index < -0.39 is 12.1 Å². The van der Waals surface area contributed by atoms with Gasteiger partial charge in [0.05, 0.1) is 17.2 Å². The summed E-state index contributed by atoms with van der Waals surface area (Å²) in [5.74, 6) is 1.11. The van der Waals surface area contributed by atoms with E-state index in [1.54, 1.807) is 41.6 Å². The molecule has 1 saturated heterocycles. The third kappa shape index (κ3) is 6.22. The predicted octanol–water partition coefficient (Wildman–Crippen LogP) is 3.44. The summed E-state index contributed by atoms with van der Waals surface area (Å²) in [6.07, 6.45) is 4.85. The first-order valence-corrected chi connectivity index (χ1v) is 15.4. The summed E-state index contributed by atoms with van der Waals surface area (Å²) >= 11 is 0. The largest absolute Gasteiger partial charge is 0.488 e. The number of piperidine rings is 1. The van der Waals surface area contributed by atoms with Gasteiger partial charge in [0.2, 0.25) is 0 Å². The van der Waals surface area contributed by atoms with Crippen LogP contribution in [0.15, 0.2) is 79.3 Å². The number of hydrogen-bond donors (Lipinski definition) is 2. The molecule has 0 radical (unpaired) electrons. The first-order chi connectivity index (χ1) is 22.8. The molecular formula is C35H33N7O5. The van der Waals surface area contributed by atoms with E-state index in [1.807, 2.05) is 54.9 Å². The summed E-state index contributed by atoms with van der Waals surface area (Å²) in [6, 6.07) is 17.6. The molecule has 3 amide bonds. The van der Waals surface area contributed by atoms with Gasteiger partial charge in [-0.3, -0.25) is 19.4 Å². The van der Waals surface area contributed by atoms with Crippen molar-refractivity contribution in [1.82, 2.24) is 35.1 Å². The van der Waals surface area contributed by atoms with Gasteiger partial charge >= 0.3 is 0 Å². The van der Waals surface area contributed by atoms with Crippen molar-refractivity contribution in [1.29, 1.82) is 0 Å². The molecule has 0 aliphatic carbocycles. The minimum atomic E-state index is -0.534. The topological polar surface area (TPSA) is 141 Å². The molecule has 0 spiro atoms. The Hall–Kier alpha value is -5.78. The van der Waals surface area contributed by atoms with Gasteiger partial charge in [0.15, 0.2) is 12.3 Å². The van der Waals surface area contributed by atoms with Crippen LogP contribution in [0.2, 0.25) is 0 Å². The van der Waals surface area contributed by atoms with Gasteiger partial charge in [0.1, 0.15) is 28.9 Å². The maximum absolute atomic E-state index is 13.9. The second-order valence-electron chi connectivity index (χ2n) is 11.7. The Bertz CT molecular complexity index is 1990. The summed E-state index contributed by atoms with van der Waals surface area (Å²) in [5.41, 5.74) is 4.38. The molecule has 3 aromatic heterocycles. The number of fused-ring (bicyclic) bond motifs is 8. The second-order valence-corrected chi connectivity index (χ2v) is 11.7. The Morgan fingerprint density at radius 2 is 1.81 bits per heavy atom. The first kappa shape index (κ1) is 29.9. The highest BCUT2D eigenvalue weighted by Gasteiger charge is 2.35. The van der Waals surface area contributed by atoms with Crippen molar-refractivity contribution >= 4 is 28.9 Å². The van der Waals surface area contributed by atoms with Crippen LogP contribution in [0, 0.1) is 6.92 Å². The maximum atomic E-state index is 13.9. The number of aromatic nitrogens is 4. The molecule has 3 aliphatic heterocycles. The fourth-order valence-corrected chi connectivity index (χ4v) is 5.93. The number of nitrogens with zero attached hydrogens (tertiary/aromatic N) is 5. The Morgan fingerprint density at radius 3 is 2.66 bits per heavy atom. The van der Waals surface area contributed by atoms with Crippen molar-refractivity contribution in [3.05, 3.63) is 102 Å². The molecule has 2 aromatic carbocycles. The van der Waals surface area contributed by atoms with Gasteiger partial charge in [-0.2, -0.15) is 0 Å². The molecule has 2 N–H and O–H groups in total. The van der Waals surface area contributed by atoms with E-state index in [0.29, 0.717) is 58.9 Å². The van der Waals surface area contributed by atoms with Crippen LogP contribution in [-0.4, -0.2) is 74.0 Å². The van der Waals surface area contributed by atoms with E-state index in [2.05, 4.69) is 25.6 Å². The lowest BCUT2D eigenvalue weighted by Crippen LogP contribution is -2.58. The van der Waals surface area contributed by atoms with Crippen LogP contribution >= 0.6 is 0 Å². The molecule has 3 aliphatic rings. The van der Waals surface area contributed by atoms with Gasteiger partial charge < -0.3 is 29.6 Å². The van der Waals surface area contributed by atoms with Crippen LogP contribution in [-0.2, 0) is 18.4 Å². The first-order valence-electron chi connectivity index (χ1n) is 15.4. The van der Waals surface area contributed by atoms with Crippen LogP contribution in [0.4, 0.5) is 0 Å². The number of rotatable bonds is 1. The van der Waals surface area contributed by atoms with E-state index in [-0.39, 0.29) is 30.9 Å². The number of ether oxygens (including phenoxy) is 2. The molecule has 1 fully saturated rings. The molecule has 0 saturated carbocycles. The molecule has 8 rings (SSSR count). The van der Waals surface area contributed by atoms with E-state index in [1.165, 1.54) is 6.20 Å². The zero-order chi connectivity index (χ0) is 32.5. The molecule has 238 valence electrons. The van der Waals surface area contributed by atoms with Crippen molar-refractivity contribution in [2.24, 2.45) is 7.05 Å². The lowest BCUT2D eigenvalue weighted by Gasteiger charge is -2.39. The Labute approximate surface area is 270 Å². The third-order valence-corrected chi connectivity index (χ3v) is 8.60. The molecule has 6 heterocycles. The number of hydrogen-bond acceptors (Lipinski definition) is 8. The number of carbonyl (C=O) groups excluding carboxylic acids is 3. The lowest BCUT2D eigenvalue weighted by atomic mass is 9.99. The smallest absolute Gasteiger partial charge is 0.258 e. The molecule has 12 nitrogen and oxygen atoms in total. The van der Waals surface area contributed by atoms with Gasteiger partial charge in [0, 0.05) is 57.3 Å². The maximum Gasteiger partial charge on any atom is 0.258 e. The number of aryl methyl sites for hydroxylation is 2. The zero-order valence-electron chi connectivity index (χ0n) is 26.0. The minimum Gasteiger partial charge on any atom is -0.488 e. The Morgan fingerprint density at radius 1 is 0.979 bits per heavy atom. The highest BCUT2D eigenvalue weighted by atomic mass is 16.5. The summed E-state index contributed by atoms with van der Waals surface area (Å²) < 4.78 is 14.0. The monoisotopic (exact) mass is 631 g/mol. The van der Waals surface area contributed by atoms with Gasteiger partial charge in [0.25, 0.3) is 17.7 Å². The normalized spacial score (nSPS) is 18.4. The number of likely N-dealkylation sites (tertiary alicyclic amines) is 1. The van der Waals surface area contributed by atoms with Crippen molar-refractivity contribution in [3.63, 3.8) is 0 Å². The van der Waals surface area contributed by atoms with E-state index in [4.69, 9.17) is 9.47 Å². The zero-order valence-corrected chi connectivity index (χ0v) is 26.0. The second kappa shape index (κ2) is 12.5. The number of imidazole rings is 1. The van der Waals surface area contributed by atoms with Gasteiger partial charge in [-0.1, -0.05) is 24.3 Å². The summed E-state index contributed by atoms with van der Waals surface area (Å²) in [5, 5.41) is 6.02. The average molecular weight is 632 g/mol. The Kier molecular flexibility index (Phi) is 7.98. The van der Waals surface area contributed by atoms with Crippen molar-refractivity contribution in [3.8, 4) is 22.6 Å². The van der Waals surface area contributed by atoms with Crippen LogP contribution in [0.3, 0.4) is 0 Å². The quantitative estimate of drug-likeness (QED) is 0.287. The molecule has 6 bridgehead atoms. The summed E-state index contributed by atoms with van der Waals surface area (Å²) in [4.78, 5) is 55.3. The fraction of sp³-hybridized carbons (Fsp3) is 0.257. The number of amides is 3. The Balaban J connectivity index is 1.20. The number of pyridine rings is 2. The highest BCUT2D eigenvalue weighted by Crippen LogP contribution is 2.26. The van der Waals surface area contributed by atoms with Crippen LogP contribution in [0.1, 0.15) is 38.5 Å². The number of benzene rings is 2. The van der Waals surface area contributed by atoms with Gasteiger partial charge in [-0.05, 0) is 54.4 Å². The predicted molar refractivity (Wildman–Crippen MR) is 173 cm³/mol. The van der Waals surface area contributed by atoms with E-state index in [9.17, 15) is 14.4 Å². The van der Waals surface area contributed by atoms with Crippen LogP contribution in [0.25, 0.3) is 22.3 Å². The van der Waals surface area contributed by atoms with Crippen molar-refractivity contribution in [2.75, 3.05) is 19.7 Å². The SMILES string of the molecule is Cc1nc2c(C(=O)N3CC[C@@H]4Oc5ccc(cc5)CNC(=O)COc5cccc(c5)-c5cncc(c5)C(=O)N[C@@H]4C3)ccnc2n1C. The molecule has 0 unspecified atom stereocenters. The summed E-state index contributed by atoms with van der Waals surface area (Å²) in [6.45, 7) is 2.71.